The largest absolute Gasteiger partial charge is 0.491 e. The van der Waals surface area contributed by atoms with Gasteiger partial charge in [-0.25, -0.2) is 0 Å². The van der Waals surface area contributed by atoms with Gasteiger partial charge in [-0.15, -0.1) is 0 Å². The Balaban J connectivity index is 1.66. The maximum Gasteiger partial charge on any atom is 0.416 e. The molecule has 1 aromatic rings. The number of alkyl halides is 3. The standard InChI is InChI=1S/C16H21F3N2O3S/c17-16(18,19)11-1-3-14(4-2-11)24-9-13(22)8-21-15(23)7-12-10-25-6-5-20-12/h1-4,12-13,20,22H,5-10H2,(H,21,23). The molecular weight excluding hydrogens is 357 g/mol. The van der Waals surface area contributed by atoms with Gasteiger partial charge >= 0.3 is 6.18 Å². The van der Waals surface area contributed by atoms with E-state index in [2.05, 4.69) is 10.6 Å². The Morgan fingerprint density at radius 2 is 2.12 bits per heavy atom. The Morgan fingerprint density at radius 1 is 1.40 bits per heavy atom. The molecule has 5 nitrogen and oxygen atoms in total. The fourth-order valence-electron chi connectivity index (χ4n) is 2.27. The van der Waals surface area contributed by atoms with Crippen molar-refractivity contribution in [3.8, 4) is 5.75 Å². The van der Waals surface area contributed by atoms with Gasteiger partial charge in [0.2, 0.25) is 5.91 Å². The summed E-state index contributed by atoms with van der Waals surface area (Å²) < 4.78 is 42.6. The molecule has 0 radical (unpaired) electrons. The molecule has 2 atom stereocenters. The molecule has 1 saturated heterocycles. The molecule has 1 heterocycles. The molecule has 0 aliphatic carbocycles. The molecule has 0 spiro atoms. The Labute approximate surface area is 148 Å². The molecule has 3 N–H and O–H groups in total. The zero-order valence-electron chi connectivity index (χ0n) is 13.5. The lowest BCUT2D eigenvalue weighted by atomic mass is 10.2. The van der Waals surface area contributed by atoms with E-state index in [1.807, 2.05) is 0 Å². The predicted molar refractivity (Wildman–Crippen MR) is 89.7 cm³/mol. The molecule has 1 fully saturated rings. The molecule has 1 aliphatic rings. The van der Waals surface area contributed by atoms with Crippen LogP contribution in [0.15, 0.2) is 24.3 Å². The molecule has 1 aromatic carbocycles. The summed E-state index contributed by atoms with van der Waals surface area (Å²) in [5.41, 5.74) is -0.762. The third-order valence-electron chi connectivity index (χ3n) is 3.59. The molecule has 1 aliphatic heterocycles. The van der Waals surface area contributed by atoms with E-state index in [0.717, 1.165) is 30.2 Å². The Kier molecular flexibility index (Phi) is 7.39. The number of hydrogen-bond acceptors (Lipinski definition) is 5. The maximum atomic E-state index is 12.5. The lowest BCUT2D eigenvalue weighted by Crippen LogP contribution is -2.43. The predicted octanol–water partition coefficient (Wildman–Crippen LogP) is 1.66. The zero-order chi connectivity index (χ0) is 18.3. The summed E-state index contributed by atoms with van der Waals surface area (Å²) in [4.78, 5) is 11.8. The van der Waals surface area contributed by atoms with Crippen molar-refractivity contribution >= 4 is 17.7 Å². The highest BCUT2D eigenvalue weighted by molar-refractivity contribution is 7.99. The number of hydrogen-bond donors (Lipinski definition) is 3. The van der Waals surface area contributed by atoms with Crippen molar-refractivity contribution in [1.82, 2.24) is 10.6 Å². The van der Waals surface area contributed by atoms with Gasteiger partial charge in [0.1, 0.15) is 18.5 Å². The Hall–Kier alpha value is -1.45. The van der Waals surface area contributed by atoms with Crippen LogP contribution in [0, 0.1) is 0 Å². The molecule has 9 heteroatoms. The number of aliphatic hydroxyl groups excluding tert-OH is 1. The van der Waals surface area contributed by atoms with E-state index >= 15 is 0 Å². The maximum absolute atomic E-state index is 12.5. The third kappa shape index (κ3) is 7.13. The SMILES string of the molecule is O=C(CC1CSCCN1)NCC(O)COc1ccc(C(F)(F)F)cc1. The van der Waals surface area contributed by atoms with Gasteiger partial charge in [0.05, 0.1) is 5.56 Å². The number of nitrogens with one attached hydrogen (secondary N) is 2. The van der Waals surface area contributed by atoms with Gasteiger partial charge in [-0.2, -0.15) is 24.9 Å². The fourth-order valence-corrected chi connectivity index (χ4v) is 3.22. The minimum atomic E-state index is -4.39. The molecule has 2 rings (SSSR count). The second-order valence-corrected chi connectivity index (χ2v) is 6.87. The molecule has 0 aromatic heterocycles. The summed E-state index contributed by atoms with van der Waals surface area (Å²) in [6, 6.07) is 4.36. The van der Waals surface area contributed by atoms with Gasteiger partial charge < -0.3 is 20.5 Å². The number of carbonyl (C=O) groups excluding carboxylic acids is 1. The van der Waals surface area contributed by atoms with Crippen molar-refractivity contribution in [2.75, 3.05) is 31.2 Å². The van der Waals surface area contributed by atoms with E-state index < -0.39 is 17.8 Å². The van der Waals surface area contributed by atoms with Gasteiger partial charge in [-0.3, -0.25) is 4.79 Å². The van der Waals surface area contributed by atoms with E-state index in [1.165, 1.54) is 12.1 Å². The molecule has 2 unspecified atom stereocenters. The van der Waals surface area contributed by atoms with Gasteiger partial charge in [-0.1, -0.05) is 0 Å². The Morgan fingerprint density at radius 3 is 2.72 bits per heavy atom. The highest BCUT2D eigenvalue weighted by atomic mass is 32.2. The van der Waals surface area contributed by atoms with Gasteiger partial charge in [0, 0.05) is 37.1 Å². The van der Waals surface area contributed by atoms with Crippen LogP contribution < -0.4 is 15.4 Å². The summed E-state index contributed by atoms with van der Waals surface area (Å²) >= 11 is 1.80. The molecule has 140 valence electrons. The van der Waals surface area contributed by atoms with Gasteiger partial charge in [0.25, 0.3) is 0 Å². The highest BCUT2D eigenvalue weighted by Crippen LogP contribution is 2.30. The van der Waals surface area contributed by atoms with Crippen LogP contribution in [0.3, 0.4) is 0 Å². The fraction of sp³-hybridized carbons (Fsp3) is 0.562. The van der Waals surface area contributed by atoms with Crippen molar-refractivity contribution in [3.63, 3.8) is 0 Å². The topological polar surface area (TPSA) is 70.6 Å². The van der Waals surface area contributed by atoms with Crippen LogP contribution >= 0.6 is 11.8 Å². The van der Waals surface area contributed by atoms with Crippen molar-refractivity contribution in [1.29, 1.82) is 0 Å². The first-order chi connectivity index (χ1) is 11.8. The third-order valence-corrected chi connectivity index (χ3v) is 4.72. The van der Waals surface area contributed by atoms with Crippen LogP contribution in [0.5, 0.6) is 5.75 Å². The Bertz CT molecular complexity index is 549. The second kappa shape index (κ2) is 9.30. The quantitative estimate of drug-likeness (QED) is 0.673. The lowest BCUT2D eigenvalue weighted by Gasteiger charge is -2.22. The highest BCUT2D eigenvalue weighted by Gasteiger charge is 2.30. The number of ether oxygens (including phenoxy) is 1. The van der Waals surface area contributed by atoms with Crippen LogP contribution in [0.25, 0.3) is 0 Å². The average molecular weight is 378 g/mol. The number of rotatable bonds is 7. The molecule has 0 bridgehead atoms. The summed E-state index contributed by atoms with van der Waals surface area (Å²) in [6.07, 6.45) is -4.99. The van der Waals surface area contributed by atoms with E-state index in [1.54, 1.807) is 11.8 Å². The normalized spacial score (nSPS) is 19.3. The lowest BCUT2D eigenvalue weighted by molar-refractivity contribution is -0.137. The summed E-state index contributed by atoms with van der Waals surface area (Å²) in [6.45, 7) is 0.786. The second-order valence-electron chi connectivity index (χ2n) is 5.72. The number of amides is 1. The summed E-state index contributed by atoms with van der Waals surface area (Å²) in [5, 5.41) is 15.7. The zero-order valence-corrected chi connectivity index (χ0v) is 14.3. The van der Waals surface area contributed by atoms with E-state index in [-0.39, 0.29) is 30.9 Å². The number of carbonyl (C=O) groups is 1. The molecular formula is C16H21F3N2O3S. The number of thioether (sulfide) groups is 1. The monoisotopic (exact) mass is 378 g/mol. The molecule has 0 saturated carbocycles. The van der Waals surface area contributed by atoms with E-state index in [4.69, 9.17) is 4.74 Å². The first-order valence-corrected chi connectivity index (χ1v) is 9.06. The molecule has 1 amide bonds. The minimum absolute atomic E-state index is 0.0271. The van der Waals surface area contributed by atoms with Crippen LogP contribution in [-0.4, -0.2) is 54.4 Å². The average Bonchev–Trinajstić information content (AvgIpc) is 2.58. The summed E-state index contributed by atoms with van der Waals surface area (Å²) in [7, 11) is 0. The van der Waals surface area contributed by atoms with Crippen molar-refractivity contribution < 1.29 is 27.8 Å². The first-order valence-electron chi connectivity index (χ1n) is 7.90. The first kappa shape index (κ1) is 19.9. The number of benzene rings is 1. The van der Waals surface area contributed by atoms with Crippen molar-refractivity contribution in [2.24, 2.45) is 0 Å². The van der Waals surface area contributed by atoms with Crippen molar-refractivity contribution in [2.45, 2.75) is 24.7 Å². The summed E-state index contributed by atoms with van der Waals surface area (Å²) in [5.74, 6) is 1.99. The van der Waals surface area contributed by atoms with Crippen LogP contribution in [0.1, 0.15) is 12.0 Å². The number of aliphatic hydroxyl groups is 1. The smallest absolute Gasteiger partial charge is 0.416 e. The van der Waals surface area contributed by atoms with E-state index in [0.29, 0.717) is 6.42 Å². The van der Waals surface area contributed by atoms with Gasteiger partial charge in [-0.05, 0) is 24.3 Å². The molecule has 25 heavy (non-hydrogen) atoms. The van der Waals surface area contributed by atoms with Gasteiger partial charge in [0.15, 0.2) is 0 Å². The van der Waals surface area contributed by atoms with Crippen LogP contribution in [-0.2, 0) is 11.0 Å². The van der Waals surface area contributed by atoms with Crippen LogP contribution in [0.4, 0.5) is 13.2 Å². The van der Waals surface area contributed by atoms with Crippen LogP contribution in [0.2, 0.25) is 0 Å². The van der Waals surface area contributed by atoms with E-state index in [9.17, 15) is 23.1 Å². The minimum Gasteiger partial charge on any atom is -0.491 e. The van der Waals surface area contributed by atoms with Crippen molar-refractivity contribution in [3.05, 3.63) is 29.8 Å². The number of halogens is 3.